The van der Waals surface area contributed by atoms with E-state index in [1.807, 2.05) is 12.4 Å². The van der Waals surface area contributed by atoms with Crippen molar-refractivity contribution >= 4 is 16.9 Å². The summed E-state index contributed by atoms with van der Waals surface area (Å²) in [5.41, 5.74) is 1.34. The molecular weight excluding hydrogens is 252 g/mol. The number of benzene rings is 1. The van der Waals surface area contributed by atoms with E-state index in [-0.39, 0.29) is 11.5 Å². The molecule has 1 aliphatic heterocycles. The fourth-order valence-electron chi connectivity index (χ4n) is 4.20. The highest BCUT2D eigenvalue weighted by atomic mass is 16.4. The van der Waals surface area contributed by atoms with Gasteiger partial charge >= 0.3 is 6.09 Å². The monoisotopic (exact) mass is 270 g/mol. The summed E-state index contributed by atoms with van der Waals surface area (Å²) in [6.45, 7) is 0.707. The first-order valence-corrected chi connectivity index (χ1v) is 7.26. The molecule has 1 aromatic carbocycles. The minimum Gasteiger partial charge on any atom is -0.465 e. The van der Waals surface area contributed by atoms with Crippen LogP contribution in [0.25, 0.3) is 10.8 Å². The van der Waals surface area contributed by atoms with E-state index >= 15 is 0 Å². The highest BCUT2D eigenvalue weighted by molar-refractivity contribution is 5.83. The summed E-state index contributed by atoms with van der Waals surface area (Å²) in [4.78, 5) is 16.2. The first kappa shape index (κ1) is 11.8. The molecule has 1 saturated heterocycles. The zero-order chi connectivity index (χ0) is 13.7. The van der Waals surface area contributed by atoms with Crippen molar-refractivity contribution in [2.75, 3.05) is 6.54 Å². The topological polar surface area (TPSA) is 56.3 Å². The van der Waals surface area contributed by atoms with Crippen molar-refractivity contribution in [3.63, 3.8) is 0 Å². The Labute approximate surface area is 117 Å². The van der Waals surface area contributed by atoms with E-state index in [0.717, 1.165) is 23.8 Å². The minimum atomic E-state index is -0.790. The second kappa shape index (κ2) is 4.01. The largest absolute Gasteiger partial charge is 0.465 e. The van der Waals surface area contributed by atoms with Crippen molar-refractivity contribution < 1.29 is 9.90 Å². The molecule has 1 aliphatic carbocycles. The van der Waals surface area contributed by atoms with Gasteiger partial charge in [0.15, 0.2) is 0 Å². The second-order valence-corrected chi connectivity index (χ2v) is 6.23. The van der Waals surface area contributed by atoms with E-state index in [4.69, 9.17) is 0 Å². The first-order chi connectivity index (χ1) is 9.70. The normalized spacial score (nSPS) is 24.2. The number of hydrogen-bond donors (Lipinski definition) is 2. The van der Waals surface area contributed by atoms with Gasteiger partial charge in [0, 0.05) is 24.4 Å². The lowest BCUT2D eigenvalue weighted by atomic mass is 9.67. The molecule has 20 heavy (non-hydrogen) atoms. The summed E-state index contributed by atoms with van der Waals surface area (Å²) in [6, 6.07) is 6.37. The second-order valence-electron chi connectivity index (χ2n) is 6.23. The SMILES string of the molecule is O=C(O)N1CC2(CCCC2)C1c1ccc2c[nH]cc2c1. The van der Waals surface area contributed by atoms with Gasteiger partial charge in [-0.1, -0.05) is 25.0 Å². The number of amides is 1. The van der Waals surface area contributed by atoms with Crippen LogP contribution in [0.3, 0.4) is 0 Å². The fourth-order valence-corrected chi connectivity index (χ4v) is 4.20. The van der Waals surface area contributed by atoms with Gasteiger partial charge in [-0.05, 0) is 35.2 Å². The van der Waals surface area contributed by atoms with Crippen LogP contribution in [0.5, 0.6) is 0 Å². The molecule has 1 amide bonds. The van der Waals surface area contributed by atoms with Crippen molar-refractivity contribution in [1.82, 2.24) is 9.88 Å². The molecule has 0 radical (unpaired) electrons. The third-order valence-corrected chi connectivity index (χ3v) is 5.13. The van der Waals surface area contributed by atoms with Crippen LogP contribution in [0.4, 0.5) is 4.79 Å². The third kappa shape index (κ3) is 1.51. The van der Waals surface area contributed by atoms with Crippen LogP contribution in [-0.2, 0) is 0 Å². The number of fused-ring (bicyclic) bond motifs is 1. The van der Waals surface area contributed by atoms with E-state index < -0.39 is 6.09 Å². The van der Waals surface area contributed by atoms with E-state index in [1.54, 1.807) is 4.90 Å². The number of H-pyrrole nitrogens is 1. The molecule has 1 unspecified atom stereocenters. The number of carboxylic acid groups (broad SMARTS) is 1. The summed E-state index contributed by atoms with van der Waals surface area (Å²) in [5.74, 6) is 0. The number of likely N-dealkylation sites (tertiary alicyclic amines) is 1. The van der Waals surface area contributed by atoms with Crippen molar-refractivity contribution in [3.8, 4) is 0 Å². The Hall–Kier alpha value is -1.97. The fraction of sp³-hybridized carbons (Fsp3) is 0.438. The van der Waals surface area contributed by atoms with Gasteiger partial charge in [-0.25, -0.2) is 4.79 Å². The lowest BCUT2D eigenvalue weighted by Crippen LogP contribution is -2.59. The van der Waals surface area contributed by atoms with Crippen LogP contribution >= 0.6 is 0 Å². The molecule has 2 aliphatic rings. The van der Waals surface area contributed by atoms with Gasteiger partial charge in [0.2, 0.25) is 0 Å². The molecule has 4 heteroatoms. The lowest BCUT2D eigenvalue weighted by Gasteiger charge is -2.55. The average molecular weight is 270 g/mol. The van der Waals surface area contributed by atoms with Crippen LogP contribution < -0.4 is 0 Å². The van der Waals surface area contributed by atoms with Gasteiger partial charge in [0.05, 0.1) is 6.04 Å². The molecule has 4 rings (SSSR count). The molecule has 1 saturated carbocycles. The number of carbonyl (C=O) groups is 1. The number of aromatic nitrogens is 1. The van der Waals surface area contributed by atoms with Crippen molar-refractivity contribution in [1.29, 1.82) is 0 Å². The Bertz CT molecular complexity index is 670. The van der Waals surface area contributed by atoms with Gasteiger partial charge in [-0.3, -0.25) is 0 Å². The standard InChI is InChI=1S/C16H18N2O2/c19-15(20)18-10-16(5-1-2-6-16)14(18)11-3-4-12-8-17-9-13(12)7-11/h3-4,7-9,14,17H,1-2,5-6,10H2,(H,19,20). The van der Waals surface area contributed by atoms with Gasteiger partial charge in [0.25, 0.3) is 0 Å². The zero-order valence-corrected chi connectivity index (χ0v) is 11.3. The summed E-state index contributed by atoms with van der Waals surface area (Å²) in [5, 5.41) is 11.7. The average Bonchev–Trinajstić information content (AvgIpc) is 3.05. The quantitative estimate of drug-likeness (QED) is 0.829. The molecule has 4 nitrogen and oxygen atoms in total. The Kier molecular flexibility index (Phi) is 2.37. The van der Waals surface area contributed by atoms with E-state index in [1.165, 1.54) is 18.2 Å². The minimum absolute atomic E-state index is 0.0433. The van der Waals surface area contributed by atoms with Gasteiger partial charge in [0.1, 0.15) is 0 Å². The maximum absolute atomic E-state index is 11.4. The molecule has 2 fully saturated rings. The molecule has 2 heterocycles. The molecule has 1 atom stereocenters. The van der Waals surface area contributed by atoms with Crippen LogP contribution in [0, 0.1) is 5.41 Å². The van der Waals surface area contributed by atoms with Crippen molar-refractivity contribution in [2.24, 2.45) is 5.41 Å². The summed E-state index contributed by atoms with van der Waals surface area (Å²) >= 11 is 0. The van der Waals surface area contributed by atoms with Gasteiger partial charge in [-0.2, -0.15) is 0 Å². The molecule has 2 aromatic rings. The molecule has 1 spiro atoms. The Balaban J connectivity index is 1.77. The third-order valence-electron chi connectivity index (χ3n) is 5.13. The van der Waals surface area contributed by atoms with Crippen LogP contribution in [0.15, 0.2) is 30.6 Å². The molecule has 1 aromatic heterocycles. The van der Waals surface area contributed by atoms with E-state index in [0.29, 0.717) is 6.54 Å². The zero-order valence-electron chi connectivity index (χ0n) is 11.3. The number of nitrogens with zero attached hydrogens (tertiary/aromatic N) is 1. The van der Waals surface area contributed by atoms with Gasteiger partial charge in [-0.15, -0.1) is 0 Å². The predicted octanol–water partition coefficient (Wildman–Crippen LogP) is 3.76. The Morgan fingerprint density at radius 1 is 1.25 bits per heavy atom. The highest BCUT2D eigenvalue weighted by Crippen LogP contribution is 2.58. The highest BCUT2D eigenvalue weighted by Gasteiger charge is 2.56. The van der Waals surface area contributed by atoms with Crippen LogP contribution in [0.1, 0.15) is 37.3 Å². The van der Waals surface area contributed by atoms with Crippen molar-refractivity contribution in [2.45, 2.75) is 31.7 Å². The predicted molar refractivity (Wildman–Crippen MR) is 76.7 cm³/mol. The number of nitrogens with one attached hydrogen (secondary N) is 1. The molecule has 104 valence electrons. The summed E-state index contributed by atoms with van der Waals surface area (Å²) < 4.78 is 0. The van der Waals surface area contributed by atoms with Crippen LogP contribution in [0.2, 0.25) is 0 Å². The maximum Gasteiger partial charge on any atom is 0.407 e. The molecular formula is C16H18N2O2. The molecule has 2 N–H and O–H groups in total. The van der Waals surface area contributed by atoms with E-state index in [2.05, 4.69) is 23.2 Å². The lowest BCUT2D eigenvalue weighted by molar-refractivity contribution is -0.0546. The van der Waals surface area contributed by atoms with Gasteiger partial charge < -0.3 is 15.0 Å². The van der Waals surface area contributed by atoms with E-state index in [9.17, 15) is 9.90 Å². The maximum atomic E-state index is 11.4. The summed E-state index contributed by atoms with van der Waals surface area (Å²) in [6.07, 6.45) is 7.94. The first-order valence-electron chi connectivity index (χ1n) is 7.26. The number of hydrogen-bond acceptors (Lipinski definition) is 1. The number of rotatable bonds is 1. The number of aromatic amines is 1. The Morgan fingerprint density at radius 2 is 2.00 bits per heavy atom. The summed E-state index contributed by atoms with van der Waals surface area (Å²) in [7, 11) is 0. The molecule has 0 bridgehead atoms. The van der Waals surface area contributed by atoms with Crippen molar-refractivity contribution in [3.05, 3.63) is 36.2 Å². The Morgan fingerprint density at radius 3 is 2.75 bits per heavy atom. The smallest absolute Gasteiger partial charge is 0.407 e. The van der Waals surface area contributed by atoms with Crippen LogP contribution in [-0.4, -0.2) is 27.6 Å².